The predicted molar refractivity (Wildman–Crippen MR) is 80.8 cm³/mol. The van der Waals surface area contributed by atoms with Gasteiger partial charge < -0.3 is 14.7 Å². The number of carbonyl (C=O) groups excluding carboxylic acids is 1. The van der Waals surface area contributed by atoms with E-state index >= 15 is 0 Å². The van der Waals surface area contributed by atoms with Gasteiger partial charge in [-0.2, -0.15) is 0 Å². The van der Waals surface area contributed by atoms with E-state index in [4.69, 9.17) is 16.3 Å². The quantitative estimate of drug-likeness (QED) is 0.893. The molecule has 2 fully saturated rings. The number of hydrogen-bond donors (Lipinski definition) is 1. The van der Waals surface area contributed by atoms with Gasteiger partial charge in [-0.25, -0.2) is 4.39 Å². The maximum atomic E-state index is 13.0. The highest BCUT2D eigenvalue weighted by Crippen LogP contribution is 2.44. The van der Waals surface area contributed by atoms with Gasteiger partial charge in [-0.3, -0.25) is 9.59 Å². The van der Waals surface area contributed by atoms with Gasteiger partial charge in [-0.1, -0.05) is 11.6 Å². The average molecular weight is 342 g/mol. The van der Waals surface area contributed by atoms with Crippen LogP contribution in [-0.2, 0) is 9.59 Å². The van der Waals surface area contributed by atoms with Crippen molar-refractivity contribution in [3.05, 3.63) is 29.0 Å². The number of halogens is 2. The summed E-state index contributed by atoms with van der Waals surface area (Å²) in [4.78, 5) is 25.1. The summed E-state index contributed by atoms with van der Waals surface area (Å²) in [6.07, 6.45) is 2.08. The number of rotatable bonds is 5. The minimum absolute atomic E-state index is 0.0332. The summed E-state index contributed by atoms with van der Waals surface area (Å²) < 4.78 is 18.3. The van der Waals surface area contributed by atoms with Crippen LogP contribution in [0.4, 0.5) is 4.39 Å². The van der Waals surface area contributed by atoms with Crippen LogP contribution in [0.2, 0.25) is 5.02 Å². The molecule has 7 heteroatoms. The van der Waals surface area contributed by atoms with Gasteiger partial charge in [0.1, 0.15) is 11.6 Å². The van der Waals surface area contributed by atoms with Crippen LogP contribution in [-0.4, -0.2) is 41.6 Å². The molecule has 2 atom stereocenters. The van der Waals surface area contributed by atoms with E-state index in [2.05, 4.69) is 0 Å². The SMILES string of the molecule is O=C(O)[C@H]1CN(C(=O)COc2ccc(F)cc2Cl)C[C@@H]1C1CC1. The molecule has 124 valence electrons. The highest BCUT2D eigenvalue weighted by Gasteiger charge is 2.46. The molecule has 0 spiro atoms. The Kier molecular flexibility index (Phi) is 4.43. The molecule has 5 nitrogen and oxygen atoms in total. The smallest absolute Gasteiger partial charge is 0.308 e. The molecule has 1 aliphatic carbocycles. The van der Waals surface area contributed by atoms with E-state index in [-0.39, 0.29) is 35.7 Å². The molecule has 1 aromatic carbocycles. The Morgan fingerprint density at radius 2 is 2.09 bits per heavy atom. The normalized spacial score (nSPS) is 23.8. The van der Waals surface area contributed by atoms with Crippen molar-refractivity contribution < 1.29 is 23.8 Å². The van der Waals surface area contributed by atoms with Gasteiger partial charge in [0.05, 0.1) is 10.9 Å². The molecule has 1 amide bonds. The first kappa shape index (κ1) is 16.1. The van der Waals surface area contributed by atoms with Crippen LogP contribution in [0.3, 0.4) is 0 Å². The van der Waals surface area contributed by atoms with Crippen LogP contribution >= 0.6 is 11.6 Å². The largest absolute Gasteiger partial charge is 0.482 e. The van der Waals surface area contributed by atoms with E-state index in [0.29, 0.717) is 12.5 Å². The lowest BCUT2D eigenvalue weighted by Gasteiger charge is -2.17. The summed E-state index contributed by atoms with van der Waals surface area (Å²) in [5.74, 6) is -1.42. The Labute approximate surface area is 138 Å². The second kappa shape index (κ2) is 6.35. The third-order valence-corrected chi connectivity index (χ3v) is 4.80. The van der Waals surface area contributed by atoms with E-state index in [0.717, 1.165) is 18.9 Å². The van der Waals surface area contributed by atoms with Crippen LogP contribution in [0, 0.1) is 23.6 Å². The van der Waals surface area contributed by atoms with E-state index in [1.54, 1.807) is 4.90 Å². The van der Waals surface area contributed by atoms with Crippen LogP contribution in [0.1, 0.15) is 12.8 Å². The standard InChI is InChI=1S/C16H17ClFNO4/c17-13-5-10(18)3-4-14(13)23-8-15(20)19-6-11(9-1-2-9)12(7-19)16(21)22/h3-5,9,11-12H,1-2,6-8H2,(H,21,22)/t11-,12+/m1/s1. The summed E-state index contributed by atoms with van der Waals surface area (Å²) >= 11 is 5.84. The molecule has 3 rings (SSSR count). The lowest BCUT2D eigenvalue weighted by atomic mass is 9.92. The molecule has 23 heavy (non-hydrogen) atoms. The molecule has 0 bridgehead atoms. The molecule has 0 unspecified atom stereocenters. The lowest BCUT2D eigenvalue weighted by Crippen LogP contribution is -2.34. The van der Waals surface area contributed by atoms with Gasteiger partial charge in [-0.15, -0.1) is 0 Å². The van der Waals surface area contributed by atoms with Crippen molar-refractivity contribution in [1.82, 2.24) is 4.90 Å². The van der Waals surface area contributed by atoms with Gasteiger partial charge in [0.2, 0.25) is 0 Å². The zero-order valence-corrected chi connectivity index (χ0v) is 13.1. The Balaban J connectivity index is 1.59. The number of carboxylic acids is 1. The fraction of sp³-hybridized carbons (Fsp3) is 0.500. The zero-order valence-electron chi connectivity index (χ0n) is 12.4. The van der Waals surface area contributed by atoms with Crippen molar-refractivity contribution in [3.8, 4) is 5.75 Å². The summed E-state index contributed by atoms with van der Waals surface area (Å²) in [5, 5.41) is 9.40. The highest BCUT2D eigenvalue weighted by atomic mass is 35.5. The summed E-state index contributed by atoms with van der Waals surface area (Å²) in [5.41, 5.74) is 0. The molecule has 1 heterocycles. The van der Waals surface area contributed by atoms with Crippen molar-refractivity contribution in [2.24, 2.45) is 17.8 Å². The average Bonchev–Trinajstić information content (AvgIpc) is 3.24. The number of carbonyl (C=O) groups is 2. The number of carboxylic acid groups (broad SMARTS) is 1. The highest BCUT2D eigenvalue weighted by molar-refractivity contribution is 6.32. The van der Waals surface area contributed by atoms with Gasteiger partial charge in [0.15, 0.2) is 6.61 Å². The van der Waals surface area contributed by atoms with E-state index in [1.807, 2.05) is 0 Å². The van der Waals surface area contributed by atoms with Crippen LogP contribution < -0.4 is 4.74 Å². The minimum atomic E-state index is -0.848. The monoisotopic (exact) mass is 341 g/mol. The molecular formula is C16H17ClFNO4. The van der Waals surface area contributed by atoms with E-state index in [1.165, 1.54) is 12.1 Å². The number of benzene rings is 1. The van der Waals surface area contributed by atoms with Crippen molar-refractivity contribution in [3.63, 3.8) is 0 Å². The van der Waals surface area contributed by atoms with Crippen LogP contribution in [0.25, 0.3) is 0 Å². The van der Waals surface area contributed by atoms with Gasteiger partial charge in [-0.05, 0) is 42.9 Å². The van der Waals surface area contributed by atoms with Crippen LogP contribution in [0.5, 0.6) is 5.75 Å². The number of hydrogen-bond acceptors (Lipinski definition) is 3. The molecule has 0 radical (unpaired) electrons. The second-order valence-electron chi connectivity index (χ2n) is 6.11. The molecule has 1 aliphatic heterocycles. The van der Waals surface area contributed by atoms with E-state index < -0.39 is 17.7 Å². The summed E-state index contributed by atoms with van der Waals surface area (Å²) in [6.45, 7) is 0.436. The molecular weight excluding hydrogens is 325 g/mol. The van der Waals surface area contributed by atoms with Crippen molar-refractivity contribution >= 4 is 23.5 Å². The first-order valence-electron chi connectivity index (χ1n) is 7.54. The zero-order chi connectivity index (χ0) is 16.6. The third-order valence-electron chi connectivity index (χ3n) is 4.51. The number of amides is 1. The fourth-order valence-electron chi connectivity index (χ4n) is 3.12. The van der Waals surface area contributed by atoms with Crippen LogP contribution in [0.15, 0.2) is 18.2 Å². The molecule has 2 aliphatic rings. The number of nitrogens with zero attached hydrogens (tertiary/aromatic N) is 1. The number of aliphatic carboxylic acids is 1. The van der Waals surface area contributed by atoms with Crippen molar-refractivity contribution in [1.29, 1.82) is 0 Å². The van der Waals surface area contributed by atoms with Gasteiger partial charge >= 0.3 is 5.97 Å². The first-order valence-corrected chi connectivity index (χ1v) is 7.92. The van der Waals surface area contributed by atoms with Crippen molar-refractivity contribution in [2.75, 3.05) is 19.7 Å². The Hall–Kier alpha value is -1.82. The van der Waals surface area contributed by atoms with Gasteiger partial charge in [0.25, 0.3) is 5.91 Å². The first-order chi connectivity index (χ1) is 11.0. The topological polar surface area (TPSA) is 66.8 Å². The predicted octanol–water partition coefficient (Wildman–Crippen LogP) is 2.43. The Morgan fingerprint density at radius 1 is 1.35 bits per heavy atom. The maximum absolute atomic E-state index is 13.0. The summed E-state index contributed by atoms with van der Waals surface area (Å²) in [6, 6.07) is 3.67. The Morgan fingerprint density at radius 3 is 2.70 bits per heavy atom. The number of likely N-dealkylation sites (tertiary alicyclic amines) is 1. The lowest BCUT2D eigenvalue weighted by molar-refractivity contribution is -0.142. The molecule has 1 saturated heterocycles. The van der Waals surface area contributed by atoms with Crippen molar-refractivity contribution in [2.45, 2.75) is 12.8 Å². The van der Waals surface area contributed by atoms with Gasteiger partial charge in [0, 0.05) is 13.1 Å². The molecule has 0 aromatic heterocycles. The molecule has 1 saturated carbocycles. The fourth-order valence-corrected chi connectivity index (χ4v) is 3.34. The summed E-state index contributed by atoms with van der Waals surface area (Å²) in [7, 11) is 0. The number of ether oxygens (including phenoxy) is 1. The Bertz CT molecular complexity index is 635. The molecule has 1 aromatic rings. The second-order valence-corrected chi connectivity index (χ2v) is 6.52. The molecule has 1 N–H and O–H groups in total. The third kappa shape index (κ3) is 3.58. The van der Waals surface area contributed by atoms with E-state index in [9.17, 15) is 19.1 Å². The minimum Gasteiger partial charge on any atom is -0.482 e. The maximum Gasteiger partial charge on any atom is 0.308 e.